The van der Waals surface area contributed by atoms with E-state index in [1.807, 2.05) is 30.5 Å². The van der Waals surface area contributed by atoms with Gasteiger partial charge in [-0.2, -0.15) is 0 Å². The van der Waals surface area contributed by atoms with Gasteiger partial charge in [0.25, 0.3) is 5.91 Å². The minimum Gasteiger partial charge on any atom is -0.495 e. The maximum Gasteiger partial charge on any atom is 0.257 e. The third-order valence-electron chi connectivity index (χ3n) is 3.56. The number of rotatable bonds is 3. The number of carbonyl (C=O) groups is 1. The fourth-order valence-electron chi connectivity index (χ4n) is 2.38. The molecule has 0 bridgehead atoms. The number of anilines is 1. The van der Waals surface area contributed by atoms with E-state index < -0.39 is 0 Å². The number of aromatic nitrogens is 2. The van der Waals surface area contributed by atoms with Gasteiger partial charge in [-0.15, -0.1) is 0 Å². The number of amides is 1. The highest BCUT2D eigenvalue weighted by molar-refractivity contribution is 6.31. The fourth-order valence-corrected chi connectivity index (χ4v) is 2.53. The van der Waals surface area contributed by atoms with Crippen molar-refractivity contribution >= 4 is 28.8 Å². The van der Waals surface area contributed by atoms with E-state index in [0.29, 0.717) is 22.0 Å². The Morgan fingerprint density at radius 2 is 2.04 bits per heavy atom. The second-order valence-corrected chi connectivity index (χ2v) is 5.73. The van der Waals surface area contributed by atoms with Gasteiger partial charge in [-0.3, -0.25) is 4.79 Å². The van der Waals surface area contributed by atoms with E-state index >= 15 is 0 Å². The van der Waals surface area contributed by atoms with E-state index in [2.05, 4.69) is 10.3 Å². The molecule has 1 N–H and O–H groups in total. The first-order chi connectivity index (χ1) is 11.0. The van der Waals surface area contributed by atoms with Crippen LogP contribution in [0, 0.1) is 13.8 Å². The van der Waals surface area contributed by atoms with Crippen LogP contribution in [0.1, 0.15) is 21.6 Å². The summed E-state index contributed by atoms with van der Waals surface area (Å²) in [5, 5.41) is 3.45. The Morgan fingerprint density at radius 1 is 1.26 bits per heavy atom. The molecule has 6 heteroatoms. The van der Waals surface area contributed by atoms with Gasteiger partial charge in [0.2, 0.25) is 0 Å². The molecule has 3 aromatic rings. The molecule has 0 saturated carbocycles. The lowest BCUT2D eigenvalue weighted by atomic mass is 10.2. The standard InChI is InChI=1S/C17H16ClN3O2/c1-10-6-14(15(23-3)7-13(10)18)20-17(22)12-4-5-16-19-11(2)8-21(16)9-12/h4-9H,1-3H3,(H,20,22). The molecule has 3 rings (SSSR count). The molecule has 0 saturated heterocycles. The third-order valence-corrected chi connectivity index (χ3v) is 3.97. The molecule has 0 spiro atoms. The molecular formula is C17H16ClN3O2. The molecule has 0 radical (unpaired) electrons. The van der Waals surface area contributed by atoms with Crippen LogP contribution in [0.5, 0.6) is 5.75 Å². The molecule has 2 aromatic heterocycles. The zero-order chi connectivity index (χ0) is 16.6. The number of carbonyl (C=O) groups excluding carboxylic acids is 1. The summed E-state index contributed by atoms with van der Waals surface area (Å²) in [6.45, 7) is 3.78. The van der Waals surface area contributed by atoms with Crippen LogP contribution in [-0.4, -0.2) is 22.4 Å². The number of benzene rings is 1. The Kier molecular flexibility index (Phi) is 3.96. The van der Waals surface area contributed by atoms with E-state index in [0.717, 1.165) is 16.9 Å². The number of pyridine rings is 1. The van der Waals surface area contributed by atoms with E-state index in [1.54, 1.807) is 24.4 Å². The fraction of sp³-hybridized carbons (Fsp3) is 0.176. The summed E-state index contributed by atoms with van der Waals surface area (Å²) in [5.41, 5.74) is 3.69. The minimum atomic E-state index is -0.224. The molecule has 23 heavy (non-hydrogen) atoms. The number of aryl methyl sites for hydroxylation is 2. The van der Waals surface area contributed by atoms with Crippen LogP contribution in [-0.2, 0) is 0 Å². The molecule has 0 fully saturated rings. The number of halogens is 1. The molecule has 0 aliphatic carbocycles. The third kappa shape index (κ3) is 3.00. The Bertz CT molecular complexity index is 902. The smallest absolute Gasteiger partial charge is 0.257 e. The molecule has 2 heterocycles. The van der Waals surface area contributed by atoms with Crippen LogP contribution >= 0.6 is 11.6 Å². The average Bonchev–Trinajstić information content (AvgIpc) is 2.89. The Balaban J connectivity index is 1.92. The normalized spacial score (nSPS) is 10.8. The highest BCUT2D eigenvalue weighted by Gasteiger charge is 2.13. The monoisotopic (exact) mass is 329 g/mol. The first-order valence-electron chi connectivity index (χ1n) is 7.09. The lowest BCUT2D eigenvalue weighted by Gasteiger charge is -2.12. The number of fused-ring (bicyclic) bond motifs is 1. The second-order valence-electron chi connectivity index (χ2n) is 5.32. The van der Waals surface area contributed by atoms with Crippen LogP contribution in [0.25, 0.3) is 5.65 Å². The predicted octanol–water partition coefficient (Wildman–Crippen LogP) is 3.87. The van der Waals surface area contributed by atoms with Crippen LogP contribution < -0.4 is 10.1 Å². The van der Waals surface area contributed by atoms with Crippen molar-refractivity contribution in [2.24, 2.45) is 0 Å². The second kappa shape index (κ2) is 5.93. The van der Waals surface area contributed by atoms with Crippen molar-refractivity contribution in [3.63, 3.8) is 0 Å². The van der Waals surface area contributed by atoms with Crippen molar-refractivity contribution in [3.05, 3.63) is 58.5 Å². The molecule has 5 nitrogen and oxygen atoms in total. The molecule has 1 aromatic carbocycles. The number of hydrogen-bond donors (Lipinski definition) is 1. The van der Waals surface area contributed by atoms with Gasteiger partial charge in [0.15, 0.2) is 0 Å². The minimum absolute atomic E-state index is 0.224. The van der Waals surface area contributed by atoms with Crippen molar-refractivity contribution in [1.82, 2.24) is 9.38 Å². The highest BCUT2D eigenvalue weighted by atomic mass is 35.5. The maximum atomic E-state index is 12.5. The maximum absolute atomic E-state index is 12.5. The Hall–Kier alpha value is -2.53. The molecular weight excluding hydrogens is 314 g/mol. The summed E-state index contributed by atoms with van der Waals surface area (Å²) in [6, 6.07) is 7.03. The summed E-state index contributed by atoms with van der Waals surface area (Å²) in [7, 11) is 1.54. The average molecular weight is 330 g/mol. The van der Waals surface area contributed by atoms with E-state index in [9.17, 15) is 4.79 Å². The number of ether oxygens (including phenoxy) is 1. The summed E-state index contributed by atoms with van der Waals surface area (Å²) in [4.78, 5) is 16.8. The summed E-state index contributed by atoms with van der Waals surface area (Å²) in [5.74, 6) is 0.298. The number of imidazole rings is 1. The first kappa shape index (κ1) is 15.4. The Morgan fingerprint density at radius 3 is 2.78 bits per heavy atom. The van der Waals surface area contributed by atoms with Crippen LogP contribution in [0.2, 0.25) is 5.02 Å². The quantitative estimate of drug-likeness (QED) is 0.793. The van der Waals surface area contributed by atoms with Crippen LogP contribution in [0.15, 0.2) is 36.7 Å². The summed E-state index contributed by atoms with van der Waals surface area (Å²) < 4.78 is 7.11. The van der Waals surface area contributed by atoms with E-state index in [-0.39, 0.29) is 5.91 Å². The predicted molar refractivity (Wildman–Crippen MR) is 90.6 cm³/mol. The van der Waals surface area contributed by atoms with Crippen LogP contribution in [0.4, 0.5) is 5.69 Å². The molecule has 0 atom stereocenters. The van der Waals surface area contributed by atoms with Gasteiger partial charge in [0.1, 0.15) is 11.4 Å². The van der Waals surface area contributed by atoms with Crippen molar-refractivity contribution < 1.29 is 9.53 Å². The highest BCUT2D eigenvalue weighted by Crippen LogP contribution is 2.31. The van der Waals surface area contributed by atoms with E-state index in [1.165, 1.54) is 7.11 Å². The SMILES string of the molecule is COc1cc(Cl)c(C)cc1NC(=O)c1ccc2nc(C)cn2c1. The summed E-state index contributed by atoms with van der Waals surface area (Å²) in [6.07, 6.45) is 3.62. The van der Waals surface area contributed by atoms with Gasteiger partial charge in [-0.25, -0.2) is 4.98 Å². The lowest BCUT2D eigenvalue weighted by Crippen LogP contribution is -2.13. The van der Waals surface area contributed by atoms with Gasteiger partial charge in [0.05, 0.1) is 24.1 Å². The van der Waals surface area contributed by atoms with Crippen molar-refractivity contribution in [3.8, 4) is 5.75 Å². The number of nitrogens with one attached hydrogen (secondary N) is 1. The van der Waals surface area contributed by atoms with Gasteiger partial charge in [0, 0.05) is 23.5 Å². The largest absolute Gasteiger partial charge is 0.495 e. The topological polar surface area (TPSA) is 55.6 Å². The van der Waals surface area contributed by atoms with Crippen molar-refractivity contribution in [2.75, 3.05) is 12.4 Å². The van der Waals surface area contributed by atoms with Gasteiger partial charge >= 0.3 is 0 Å². The van der Waals surface area contributed by atoms with Gasteiger partial charge in [-0.05, 0) is 37.6 Å². The number of nitrogens with zero attached hydrogens (tertiary/aromatic N) is 2. The number of hydrogen-bond acceptors (Lipinski definition) is 3. The summed E-state index contributed by atoms with van der Waals surface area (Å²) >= 11 is 6.08. The van der Waals surface area contributed by atoms with Crippen molar-refractivity contribution in [1.29, 1.82) is 0 Å². The van der Waals surface area contributed by atoms with Crippen molar-refractivity contribution in [2.45, 2.75) is 13.8 Å². The lowest BCUT2D eigenvalue weighted by molar-refractivity contribution is 0.102. The Labute approximate surface area is 138 Å². The zero-order valence-electron chi connectivity index (χ0n) is 13.1. The zero-order valence-corrected chi connectivity index (χ0v) is 13.8. The molecule has 1 amide bonds. The van der Waals surface area contributed by atoms with Gasteiger partial charge in [-0.1, -0.05) is 11.6 Å². The first-order valence-corrected chi connectivity index (χ1v) is 7.46. The molecule has 0 aliphatic heterocycles. The molecule has 0 aliphatic rings. The number of methoxy groups -OCH3 is 1. The van der Waals surface area contributed by atoms with Crippen LogP contribution in [0.3, 0.4) is 0 Å². The van der Waals surface area contributed by atoms with Gasteiger partial charge < -0.3 is 14.5 Å². The molecule has 118 valence electrons. The molecule has 0 unspecified atom stereocenters. The van der Waals surface area contributed by atoms with E-state index in [4.69, 9.17) is 16.3 Å².